The van der Waals surface area contributed by atoms with Crippen molar-refractivity contribution in [1.82, 2.24) is 15.3 Å². The smallest absolute Gasteiger partial charge is 0.335 e. The summed E-state index contributed by atoms with van der Waals surface area (Å²) in [5, 5.41) is 12.3. The Balaban J connectivity index is 1.71. The number of aromatic amines is 1. The van der Waals surface area contributed by atoms with E-state index >= 15 is 0 Å². The Morgan fingerprint density at radius 2 is 2.21 bits per heavy atom. The Morgan fingerprint density at radius 3 is 2.83 bits per heavy atom. The number of aromatic carboxylic acids is 1. The van der Waals surface area contributed by atoms with Crippen molar-refractivity contribution < 1.29 is 23.8 Å². The lowest BCUT2D eigenvalue weighted by Gasteiger charge is -2.39. The first-order chi connectivity index (χ1) is 13.8. The van der Waals surface area contributed by atoms with E-state index in [0.717, 1.165) is 6.07 Å². The maximum absolute atomic E-state index is 13.8. The minimum absolute atomic E-state index is 0.120. The number of benzene rings is 1. The number of carbonyl (C=O) groups is 2. The van der Waals surface area contributed by atoms with Crippen molar-refractivity contribution in [3.63, 3.8) is 0 Å². The average Bonchev–Trinajstić information content (AvgIpc) is 3.08. The number of aryl methyl sites for hydroxylation is 1. The molecule has 3 N–H and O–H groups in total. The van der Waals surface area contributed by atoms with E-state index < -0.39 is 11.8 Å². The number of carbonyl (C=O) groups excluding carboxylic acids is 1. The first kappa shape index (κ1) is 21.1. The summed E-state index contributed by atoms with van der Waals surface area (Å²) in [6.45, 7) is 2.76. The van der Waals surface area contributed by atoms with Crippen LogP contribution >= 0.6 is 11.6 Å². The molecule has 8 nitrogen and oxygen atoms in total. The number of amides is 1. The Bertz CT molecular complexity index is 920. The molecule has 1 aliphatic rings. The zero-order valence-electron chi connectivity index (χ0n) is 16.0. The Morgan fingerprint density at radius 1 is 1.45 bits per heavy atom. The van der Waals surface area contributed by atoms with Crippen LogP contribution in [0.4, 0.5) is 10.1 Å². The van der Waals surface area contributed by atoms with Gasteiger partial charge in [0.05, 0.1) is 23.4 Å². The van der Waals surface area contributed by atoms with Crippen LogP contribution in [0.3, 0.4) is 0 Å². The molecule has 10 heteroatoms. The Labute approximate surface area is 172 Å². The number of aromatic nitrogens is 2. The van der Waals surface area contributed by atoms with E-state index in [1.165, 1.54) is 19.2 Å². The van der Waals surface area contributed by atoms with Crippen LogP contribution in [0.5, 0.6) is 0 Å². The monoisotopic (exact) mass is 424 g/mol. The van der Waals surface area contributed by atoms with E-state index in [-0.39, 0.29) is 34.6 Å². The van der Waals surface area contributed by atoms with Gasteiger partial charge >= 0.3 is 5.97 Å². The summed E-state index contributed by atoms with van der Waals surface area (Å²) in [4.78, 5) is 32.5. The number of carboxylic acids is 1. The van der Waals surface area contributed by atoms with Gasteiger partial charge in [0.2, 0.25) is 0 Å². The summed E-state index contributed by atoms with van der Waals surface area (Å²) in [7, 11) is 1.53. The Hall–Kier alpha value is -2.65. The lowest BCUT2D eigenvalue weighted by molar-refractivity contribution is 0.0538. The number of hydrogen-bond donors (Lipinski definition) is 3. The first-order valence-corrected chi connectivity index (χ1v) is 9.57. The topological polar surface area (TPSA) is 108 Å². The Kier molecular flexibility index (Phi) is 6.39. The second-order valence-electron chi connectivity index (χ2n) is 6.80. The molecule has 1 aromatic carbocycles. The number of anilines is 1. The molecular formula is C19H22ClFN4O4. The van der Waals surface area contributed by atoms with Crippen molar-refractivity contribution in [1.29, 1.82) is 0 Å². The van der Waals surface area contributed by atoms with Gasteiger partial charge in [-0.25, -0.2) is 14.2 Å². The molecule has 1 aromatic heterocycles. The summed E-state index contributed by atoms with van der Waals surface area (Å²) in [6.07, 6.45) is 0.780. The second kappa shape index (κ2) is 8.79. The lowest BCUT2D eigenvalue weighted by atomic mass is 10.0. The highest BCUT2D eigenvalue weighted by atomic mass is 35.5. The number of ether oxygens (including phenoxy) is 1. The number of carboxylic acid groups (broad SMARTS) is 1. The third-order valence-corrected chi connectivity index (χ3v) is 5.28. The normalized spacial score (nSPS) is 19.2. The number of imidazole rings is 1. The maximum Gasteiger partial charge on any atom is 0.335 e. The van der Waals surface area contributed by atoms with Crippen LogP contribution < -0.4 is 10.2 Å². The third-order valence-electron chi connectivity index (χ3n) is 4.97. The highest BCUT2D eigenvalue weighted by molar-refractivity contribution is 6.30. The number of H-pyrrole nitrogens is 1. The van der Waals surface area contributed by atoms with Crippen LogP contribution in [-0.2, 0) is 11.2 Å². The van der Waals surface area contributed by atoms with Crippen LogP contribution in [0.15, 0.2) is 18.2 Å². The molecule has 0 bridgehead atoms. The summed E-state index contributed by atoms with van der Waals surface area (Å²) >= 11 is 6.00. The molecule has 0 saturated carbocycles. The molecule has 2 heterocycles. The molecule has 0 radical (unpaired) electrons. The van der Waals surface area contributed by atoms with E-state index in [4.69, 9.17) is 21.4 Å². The minimum atomic E-state index is -1.19. The molecule has 2 unspecified atom stereocenters. The average molecular weight is 425 g/mol. The van der Waals surface area contributed by atoms with E-state index in [1.54, 1.807) is 0 Å². The van der Waals surface area contributed by atoms with Crippen molar-refractivity contribution in [2.45, 2.75) is 31.9 Å². The number of halogens is 2. The summed E-state index contributed by atoms with van der Waals surface area (Å²) < 4.78 is 19.3. The maximum atomic E-state index is 13.8. The van der Waals surface area contributed by atoms with Crippen molar-refractivity contribution in [3.05, 3.63) is 46.3 Å². The summed E-state index contributed by atoms with van der Waals surface area (Å²) in [5.74, 6) is -2.06. The molecule has 29 heavy (non-hydrogen) atoms. The van der Waals surface area contributed by atoms with Crippen LogP contribution in [0, 0.1) is 5.82 Å². The second-order valence-corrected chi connectivity index (χ2v) is 7.16. The van der Waals surface area contributed by atoms with E-state index in [2.05, 4.69) is 15.3 Å². The number of rotatable bonds is 6. The van der Waals surface area contributed by atoms with Gasteiger partial charge in [-0.3, -0.25) is 4.79 Å². The van der Waals surface area contributed by atoms with Gasteiger partial charge in [-0.1, -0.05) is 18.5 Å². The molecule has 0 spiro atoms. The number of nitrogens with zero attached hydrogens (tertiary/aromatic N) is 2. The fraction of sp³-hybridized carbons (Fsp3) is 0.421. The van der Waals surface area contributed by atoms with Crippen molar-refractivity contribution in [2.24, 2.45) is 0 Å². The standard InChI is InChI=1S/C19H22ClFN4O4/c1-3-13-16(20)24-17(22-13)18(26)23-14-4-5-25(9-15(14)29-2)12-7-10(19(27)28)6-11(21)8-12/h6-8,14-15H,3-5,9H2,1-2H3,(H,22,24)(H,23,26)(H,27,28). The molecule has 1 saturated heterocycles. The molecule has 2 aromatic rings. The van der Waals surface area contributed by atoms with Gasteiger partial charge in [0.1, 0.15) is 5.82 Å². The zero-order valence-corrected chi connectivity index (χ0v) is 16.8. The van der Waals surface area contributed by atoms with E-state index in [0.29, 0.717) is 37.3 Å². The molecule has 1 aliphatic heterocycles. The highest BCUT2D eigenvalue weighted by Gasteiger charge is 2.32. The van der Waals surface area contributed by atoms with Gasteiger partial charge in [0.25, 0.3) is 5.91 Å². The number of methoxy groups -OCH3 is 1. The molecule has 156 valence electrons. The quantitative estimate of drug-likeness (QED) is 0.657. The van der Waals surface area contributed by atoms with Gasteiger partial charge in [0, 0.05) is 25.9 Å². The molecular weight excluding hydrogens is 403 g/mol. The number of piperidine rings is 1. The minimum Gasteiger partial charge on any atom is -0.478 e. The van der Waals surface area contributed by atoms with Gasteiger partial charge in [-0.15, -0.1) is 0 Å². The van der Waals surface area contributed by atoms with Crippen LogP contribution in [0.1, 0.15) is 40.0 Å². The molecule has 1 fully saturated rings. The lowest BCUT2D eigenvalue weighted by Crippen LogP contribution is -2.55. The van der Waals surface area contributed by atoms with E-state index in [1.807, 2.05) is 11.8 Å². The number of nitrogens with one attached hydrogen (secondary N) is 2. The van der Waals surface area contributed by atoms with Gasteiger partial charge in [0.15, 0.2) is 11.0 Å². The largest absolute Gasteiger partial charge is 0.478 e. The molecule has 0 aliphatic carbocycles. The summed E-state index contributed by atoms with van der Waals surface area (Å²) in [5.41, 5.74) is 1.03. The van der Waals surface area contributed by atoms with Crippen molar-refractivity contribution >= 4 is 29.2 Å². The first-order valence-electron chi connectivity index (χ1n) is 9.19. The van der Waals surface area contributed by atoms with E-state index in [9.17, 15) is 14.0 Å². The number of hydrogen-bond acceptors (Lipinski definition) is 5. The van der Waals surface area contributed by atoms with Gasteiger partial charge < -0.3 is 25.0 Å². The third kappa shape index (κ3) is 4.68. The fourth-order valence-corrected chi connectivity index (χ4v) is 3.67. The van der Waals surface area contributed by atoms with Crippen LogP contribution in [0.2, 0.25) is 5.15 Å². The predicted octanol–water partition coefficient (Wildman–Crippen LogP) is 2.49. The fourth-order valence-electron chi connectivity index (χ4n) is 3.40. The summed E-state index contributed by atoms with van der Waals surface area (Å²) in [6, 6.07) is 3.40. The van der Waals surface area contributed by atoms with Gasteiger partial charge in [-0.05, 0) is 31.0 Å². The predicted molar refractivity (Wildman–Crippen MR) is 105 cm³/mol. The molecule has 1 amide bonds. The van der Waals surface area contributed by atoms with Crippen molar-refractivity contribution in [3.8, 4) is 0 Å². The SMILES string of the molecule is CCc1[nH]c(C(=O)NC2CCN(c3cc(F)cc(C(=O)O)c3)CC2OC)nc1Cl. The molecule has 3 rings (SSSR count). The van der Waals surface area contributed by atoms with Gasteiger partial charge in [-0.2, -0.15) is 0 Å². The molecule has 2 atom stereocenters. The van der Waals surface area contributed by atoms with Crippen molar-refractivity contribution in [2.75, 3.05) is 25.1 Å². The zero-order chi connectivity index (χ0) is 21.1. The highest BCUT2D eigenvalue weighted by Crippen LogP contribution is 2.24. The van der Waals surface area contributed by atoms with Crippen LogP contribution in [-0.4, -0.2) is 59.3 Å². The van der Waals surface area contributed by atoms with Crippen LogP contribution in [0.25, 0.3) is 0 Å².